The maximum absolute atomic E-state index is 9.49. The van der Waals surface area contributed by atoms with Crippen molar-refractivity contribution in [3.8, 4) is 22.4 Å². The third kappa shape index (κ3) is 7.39. The molecule has 4 heterocycles. The van der Waals surface area contributed by atoms with E-state index in [0.29, 0.717) is 0 Å². The van der Waals surface area contributed by atoms with Gasteiger partial charge in [-0.3, -0.25) is 9.58 Å². The van der Waals surface area contributed by atoms with E-state index in [1.165, 1.54) is 50.5 Å². The predicted molar refractivity (Wildman–Crippen MR) is 211 cm³/mol. The molecule has 4 aliphatic carbocycles. The van der Waals surface area contributed by atoms with E-state index in [4.69, 9.17) is 10.1 Å². The van der Waals surface area contributed by atoms with E-state index < -0.39 is 0 Å². The Morgan fingerprint density at radius 2 is 1.53 bits per heavy atom. The lowest BCUT2D eigenvalue weighted by Gasteiger charge is -2.54. The van der Waals surface area contributed by atoms with Crippen molar-refractivity contribution in [1.29, 1.82) is 0 Å². The maximum atomic E-state index is 9.49. The summed E-state index contributed by atoms with van der Waals surface area (Å²) in [7, 11) is 0. The second kappa shape index (κ2) is 15.3. The highest BCUT2D eigenvalue weighted by Crippen LogP contribution is 2.57. The van der Waals surface area contributed by atoms with Crippen molar-refractivity contribution < 1.29 is 5.11 Å². The summed E-state index contributed by atoms with van der Waals surface area (Å²) in [6.45, 7) is 7.65. The quantitative estimate of drug-likeness (QED) is 0.119. The number of β-amino-alcohol motifs (C(OH)–C–C–N with tert-alkyl or cyclic N) is 1. The third-order valence-electron chi connectivity index (χ3n) is 13.2. The average Bonchev–Trinajstić information content (AvgIpc) is 3.77. The Morgan fingerprint density at radius 3 is 2.30 bits per heavy atom. The first-order chi connectivity index (χ1) is 26.1. The van der Waals surface area contributed by atoms with Crippen LogP contribution in [0.1, 0.15) is 74.7 Å². The summed E-state index contributed by atoms with van der Waals surface area (Å²) in [5.74, 6) is 6.08. The summed E-state index contributed by atoms with van der Waals surface area (Å²) in [6, 6.07) is 21.7. The number of fused-ring (bicyclic) bond motifs is 1. The lowest BCUT2D eigenvalue weighted by molar-refractivity contribution is -0.0414. The van der Waals surface area contributed by atoms with Gasteiger partial charge in [0.15, 0.2) is 5.65 Å². The minimum Gasteiger partial charge on any atom is -0.395 e. The molecule has 1 aliphatic heterocycles. The van der Waals surface area contributed by atoms with Gasteiger partial charge >= 0.3 is 0 Å². The third-order valence-corrected chi connectivity index (χ3v) is 13.2. The molecule has 5 aliphatic rings. The normalized spacial score (nSPS) is 24.1. The lowest BCUT2D eigenvalue weighted by atomic mass is 9.51. The molecule has 53 heavy (non-hydrogen) atoms. The molecule has 4 bridgehead atoms. The van der Waals surface area contributed by atoms with Crippen LogP contribution < -0.4 is 4.90 Å². The number of rotatable bonds is 14. The zero-order valence-electron chi connectivity index (χ0n) is 31.5. The zero-order chi connectivity index (χ0) is 35.7. The van der Waals surface area contributed by atoms with Crippen molar-refractivity contribution in [3.63, 3.8) is 0 Å². The van der Waals surface area contributed by atoms with Crippen LogP contribution in [0.25, 0.3) is 28.0 Å². The number of aliphatic hydroxyl groups excluding tert-OH is 1. The van der Waals surface area contributed by atoms with Crippen LogP contribution in [0.15, 0.2) is 66.9 Å². The van der Waals surface area contributed by atoms with E-state index in [9.17, 15) is 5.11 Å². The van der Waals surface area contributed by atoms with Gasteiger partial charge in [0.1, 0.15) is 5.82 Å². The summed E-state index contributed by atoms with van der Waals surface area (Å²) < 4.78 is 4.18. The standard InChI is InChI=1S/C44H56N8O/c1-31-43(35-11-5-3-6-12-35)44-45-41(29-42(52(44)47-31)50-19-17-49(18-20-50)21-22-53)36-13-8-10-32(24-36)9-4-2-7-14-39-30-51(48-46-39)16-15-40-37-25-33-23-34(27-37)28-38(40)26-33/h3,5-6,8,10-13,24,29-30,33-34,37-38,40,53H,2,4,7,9,14-23,25-28H2,1H3. The number of aromatic nitrogens is 6. The molecule has 5 fully saturated rings. The molecule has 3 aromatic heterocycles. The van der Waals surface area contributed by atoms with E-state index in [2.05, 4.69) is 103 Å². The van der Waals surface area contributed by atoms with Crippen molar-refractivity contribution in [2.75, 3.05) is 44.2 Å². The van der Waals surface area contributed by atoms with Crippen LogP contribution in [0, 0.1) is 36.5 Å². The summed E-state index contributed by atoms with van der Waals surface area (Å²) in [5.41, 5.74) is 8.73. The van der Waals surface area contributed by atoms with Gasteiger partial charge in [0.05, 0.1) is 23.7 Å². The molecule has 0 spiro atoms. The Bertz CT molecular complexity index is 1970. The molecule has 9 heteroatoms. The number of piperazine rings is 1. The van der Waals surface area contributed by atoms with Crippen LogP contribution in [0.5, 0.6) is 0 Å². The van der Waals surface area contributed by atoms with Crippen LogP contribution in [-0.4, -0.2) is 78.9 Å². The monoisotopic (exact) mass is 712 g/mol. The second-order valence-electron chi connectivity index (χ2n) is 16.7. The predicted octanol–water partition coefficient (Wildman–Crippen LogP) is 7.50. The van der Waals surface area contributed by atoms with Gasteiger partial charge in [-0.2, -0.15) is 9.61 Å². The molecular weight excluding hydrogens is 657 g/mol. The van der Waals surface area contributed by atoms with E-state index in [1.807, 2.05) is 0 Å². The van der Waals surface area contributed by atoms with E-state index >= 15 is 0 Å². The number of nitrogens with zero attached hydrogens (tertiary/aromatic N) is 8. The number of aliphatic hydroxyl groups is 1. The highest BCUT2D eigenvalue weighted by Gasteiger charge is 2.47. The number of benzene rings is 2. The van der Waals surface area contributed by atoms with Crippen LogP contribution >= 0.6 is 0 Å². The van der Waals surface area contributed by atoms with Gasteiger partial charge in [0.25, 0.3) is 0 Å². The molecule has 2 aromatic carbocycles. The zero-order valence-corrected chi connectivity index (χ0v) is 31.5. The molecule has 5 aromatic rings. The Labute approximate surface area is 314 Å². The minimum atomic E-state index is 0.197. The van der Waals surface area contributed by atoms with Crippen molar-refractivity contribution in [3.05, 3.63) is 83.8 Å². The van der Waals surface area contributed by atoms with E-state index in [0.717, 1.165) is 140 Å². The van der Waals surface area contributed by atoms with Gasteiger partial charge in [-0.15, -0.1) is 5.10 Å². The molecule has 10 rings (SSSR count). The molecule has 278 valence electrons. The number of anilines is 1. The molecule has 0 unspecified atom stereocenters. The van der Waals surface area contributed by atoms with Crippen molar-refractivity contribution in [2.45, 2.75) is 84.1 Å². The first kappa shape index (κ1) is 34.7. The Kier molecular flexibility index (Phi) is 10.0. The average molecular weight is 713 g/mol. The Balaban J connectivity index is 0.838. The molecule has 9 nitrogen and oxygen atoms in total. The van der Waals surface area contributed by atoms with Gasteiger partial charge in [0.2, 0.25) is 0 Å². The summed E-state index contributed by atoms with van der Waals surface area (Å²) in [6.07, 6.45) is 16.6. The molecule has 0 atom stereocenters. The van der Waals surface area contributed by atoms with Gasteiger partial charge < -0.3 is 10.0 Å². The van der Waals surface area contributed by atoms with Crippen LogP contribution in [-0.2, 0) is 19.4 Å². The largest absolute Gasteiger partial charge is 0.395 e. The van der Waals surface area contributed by atoms with Crippen LogP contribution in [0.2, 0.25) is 0 Å². The van der Waals surface area contributed by atoms with Crippen molar-refractivity contribution in [1.82, 2.24) is 34.5 Å². The first-order valence-electron chi connectivity index (χ1n) is 20.6. The fourth-order valence-corrected chi connectivity index (χ4v) is 10.8. The lowest BCUT2D eigenvalue weighted by Crippen LogP contribution is -2.47. The smallest absolute Gasteiger partial charge is 0.166 e. The van der Waals surface area contributed by atoms with Gasteiger partial charge in [-0.25, -0.2) is 4.98 Å². The van der Waals surface area contributed by atoms with Crippen LogP contribution in [0.4, 0.5) is 5.82 Å². The maximum Gasteiger partial charge on any atom is 0.166 e. The number of unbranched alkanes of at least 4 members (excludes halogenated alkanes) is 2. The Hall–Kier alpha value is -4.08. The van der Waals surface area contributed by atoms with Crippen molar-refractivity contribution >= 4 is 11.5 Å². The SMILES string of the molecule is Cc1nn2c(N3CCN(CCO)CC3)cc(-c3cccc(CCCCCc4cn(CCC5C6CC7CC(C6)CC5C7)nn4)c3)nc2c1-c1ccccc1. The summed E-state index contributed by atoms with van der Waals surface area (Å²) in [5, 5.41) is 23.6. The number of aryl methyl sites for hydroxylation is 4. The molecule has 0 radical (unpaired) electrons. The first-order valence-corrected chi connectivity index (χ1v) is 20.6. The van der Waals surface area contributed by atoms with Gasteiger partial charge in [0, 0.05) is 62.7 Å². The number of hydrogen-bond donors (Lipinski definition) is 1. The minimum absolute atomic E-state index is 0.197. The summed E-state index contributed by atoms with van der Waals surface area (Å²) >= 11 is 0. The van der Waals surface area contributed by atoms with E-state index in [1.54, 1.807) is 0 Å². The molecule has 1 N–H and O–H groups in total. The molecule has 4 saturated carbocycles. The number of hydrogen-bond acceptors (Lipinski definition) is 7. The van der Waals surface area contributed by atoms with Gasteiger partial charge in [-0.1, -0.05) is 60.2 Å². The highest BCUT2D eigenvalue weighted by molar-refractivity contribution is 5.83. The molecule has 0 amide bonds. The highest BCUT2D eigenvalue weighted by atomic mass is 16.3. The fourth-order valence-electron chi connectivity index (χ4n) is 10.8. The van der Waals surface area contributed by atoms with Crippen molar-refractivity contribution in [2.24, 2.45) is 29.6 Å². The molecular formula is C44H56N8O. The van der Waals surface area contributed by atoms with Gasteiger partial charge in [-0.05, 0) is 118 Å². The topological polar surface area (TPSA) is 87.6 Å². The Morgan fingerprint density at radius 1 is 0.774 bits per heavy atom. The van der Waals surface area contributed by atoms with Crippen LogP contribution in [0.3, 0.4) is 0 Å². The fraction of sp³-hybridized carbons (Fsp3) is 0.545. The summed E-state index contributed by atoms with van der Waals surface area (Å²) in [4.78, 5) is 10.1. The van der Waals surface area contributed by atoms with E-state index in [-0.39, 0.29) is 6.61 Å². The molecule has 1 saturated heterocycles. The second-order valence-corrected chi connectivity index (χ2v) is 16.7.